The molecule has 0 aliphatic carbocycles. The first-order valence-corrected chi connectivity index (χ1v) is 14.6. The van der Waals surface area contributed by atoms with Crippen LogP contribution in [0.25, 0.3) is 6.08 Å². The maximum Gasteiger partial charge on any atom is 0.339 e. The fourth-order valence-electron chi connectivity index (χ4n) is 4.21. The SMILES string of the molecule is CCC(Sc1cccc(NC(=O)/C(=C\c2cccc(C)c2)NC(=O)c2ccccc2)c1)C(=O)Nc1ccc(O)c(C(=O)O)c1. The molecule has 0 bridgehead atoms. The first kappa shape index (κ1) is 31.6. The van der Waals surface area contributed by atoms with Gasteiger partial charge in [0.25, 0.3) is 11.8 Å². The molecule has 10 heteroatoms. The molecule has 224 valence electrons. The largest absolute Gasteiger partial charge is 0.507 e. The van der Waals surface area contributed by atoms with E-state index in [9.17, 15) is 29.4 Å². The van der Waals surface area contributed by atoms with E-state index in [1.165, 1.54) is 30.0 Å². The molecule has 4 rings (SSSR count). The van der Waals surface area contributed by atoms with Crippen molar-refractivity contribution in [3.05, 3.63) is 125 Å². The first-order chi connectivity index (χ1) is 21.1. The molecule has 0 aromatic heterocycles. The van der Waals surface area contributed by atoms with Crippen LogP contribution in [0.4, 0.5) is 11.4 Å². The second-order valence-electron chi connectivity index (χ2n) is 9.82. The quantitative estimate of drug-likeness (QED) is 0.0760. The summed E-state index contributed by atoms with van der Waals surface area (Å²) >= 11 is 1.28. The number of aromatic hydroxyl groups is 1. The van der Waals surface area contributed by atoms with Crippen LogP contribution in [0.5, 0.6) is 5.75 Å². The Balaban J connectivity index is 1.50. The number of benzene rings is 4. The van der Waals surface area contributed by atoms with Crippen LogP contribution in [0.1, 0.15) is 45.2 Å². The molecule has 4 aromatic carbocycles. The van der Waals surface area contributed by atoms with Crippen molar-refractivity contribution in [1.82, 2.24) is 5.32 Å². The van der Waals surface area contributed by atoms with Gasteiger partial charge in [-0.25, -0.2) is 4.79 Å². The number of hydrogen-bond acceptors (Lipinski definition) is 6. The average molecular weight is 610 g/mol. The number of carboxylic acids is 1. The highest BCUT2D eigenvalue weighted by atomic mass is 32.2. The summed E-state index contributed by atoms with van der Waals surface area (Å²) in [7, 11) is 0. The number of carbonyl (C=O) groups is 4. The van der Waals surface area contributed by atoms with Gasteiger partial charge in [-0.2, -0.15) is 0 Å². The van der Waals surface area contributed by atoms with Gasteiger partial charge < -0.3 is 26.2 Å². The predicted molar refractivity (Wildman–Crippen MR) is 172 cm³/mol. The molecular weight excluding hydrogens is 578 g/mol. The summed E-state index contributed by atoms with van der Waals surface area (Å²) in [5, 5.41) is 26.7. The van der Waals surface area contributed by atoms with Gasteiger partial charge in [-0.05, 0) is 73.5 Å². The molecule has 0 heterocycles. The lowest BCUT2D eigenvalue weighted by atomic mass is 10.1. The third-order valence-corrected chi connectivity index (χ3v) is 7.77. The highest BCUT2D eigenvalue weighted by molar-refractivity contribution is 8.00. The average Bonchev–Trinajstić information content (AvgIpc) is 3.01. The number of hydrogen-bond donors (Lipinski definition) is 5. The summed E-state index contributed by atoms with van der Waals surface area (Å²) in [5.74, 6) is -3.00. The van der Waals surface area contributed by atoms with Crippen molar-refractivity contribution >= 4 is 52.9 Å². The van der Waals surface area contributed by atoms with Gasteiger partial charge in [-0.15, -0.1) is 11.8 Å². The summed E-state index contributed by atoms with van der Waals surface area (Å²) in [4.78, 5) is 51.4. The van der Waals surface area contributed by atoms with Crippen molar-refractivity contribution in [3.8, 4) is 5.75 Å². The highest BCUT2D eigenvalue weighted by Gasteiger charge is 2.20. The van der Waals surface area contributed by atoms with E-state index in [4.69, 9.17) is 0 Å². The van der Waals surface area contributed by atoms with Crippen LogP contribution in [-0.4, -0.2) is 39.2 Å². The molecular formula is C34H31N3O6S. The number of aromatic carboxylic acids is 1. The maximum absolute atomic E-state index is 13.4. The molecule has 9 nitrogen and oxygen atoms in total. The Kier molecular flexibility index (Phi) is 10.6. The zero-order valence-electron chi connectivity index (χ0n) is 24.0. The highest BCUT2D eigenvalue weighted by Crippen LogP contribution is 2.29. The summed E-state index contributed by atoms with van der Waals surface area (Å²) < 4.78 is 0. The minimum atomic E-state index is -1.31. The smallest absolute Gasteiger partial charge is 0.339 e. The number of nitrogens with one attached hydrogen (secondary N) is 3. The van der Waals surface area contributed by atoms with E-state index in [0.29, 0.717) is 22.6 Å². The fraction of sp³-hybridized carbons (Fsp3) is 0.118. The standard InChI is InChI=1S/C34H31N3O6S/c1-3-30(33(41)36-25-15-16-29(38)27(20-25)34(42)43)44-26-14-8-13-24(19-26)35-32(40)28(18-22-10-7-9-21(2)17-22)37-31(39)23-11-5-4-6-12-23/h4-20,30,38H,3H2,1-2H3,(H,35,40)(H,36,41)(H,37,39)(H,42,43)/b28-18+. The number of amides is 3. The van der Waals surface area contributed by atoms with E-state index in [1.807, 2.05) is 38.1 Å². The van der Waals surface area contributed by atoms with E-state index in [-0.39, 0.29) is 22.9 Å². The molecule has 1 unspecified atom stereocenters. The van der Waals surface area contributed by atoms with Crippen molar-refractivity contribution in [1.29, 1.82) is 0 Å². The molecule has 0 radical (unpaired) electrons. The van der Waals surface area contributed by atoms with Crippen LogP contribution in [-0.2, 0) is 9.59 Å². The van der Waals surface area contributed by atoms with Crippen molar-refractivity contribution < 1.29 is 29.4 Å². The number of rotatable bonds is 11. The van der Waals surface area contributed by atoms with Gasteiger partial charge in [0.15, 0.2) is 0 Å². The third-order valence-electron chi connectivity index (χ3n) is 6.41. The number of aryl methyl sites for hydroxylation is 1. The molecule has 0 aliphatic heterocycles. The third kappa shape index (κ3) is 8.59. The number of carbonyl (C=O) groups excluding carboxylic acids is 3. The minimum Gasteiger partial charge on any atom is -0.507 e. The van der Waals surface area contributed by atoms with Crippen LogP contribution in [0, 0.1) is 6.92 Å². The van der Waals surface area contributed by atoms with Gasteiger partial charge >= 0.3 is 5.97 Å². The molecule has 0 fully saturated rings. The monoisotopic (exact) mass is 609 g/mol. The van der Waals surface area contributed by atoms with Gasteiger partial charge in [-0.3, -0.25) is 14.4 Å². The van der Waals surface area contributed by atoms with Crippen LogP contribution in [0.2, 0.25) is 0 Å². The van der Waals surface area contributed by atoms with Crippen LogP contribution >= 0.6 is 11.8 Å². The Morgan fingerprint density at radius 3 is 2.27 bits per heavy atom. The van der Waals surface area contributed by atoms with E-state index in [0.717, 1.165) is 11.1 Å². The first-order valence-electron chi connectivity index (χ1n) is 13.7. The van der Waals surface area contributed by atoms with Gasteiger partial charge in [0, 0.05) is 21.8 Å². The number of phenols is 1. The van der Waals surface area contributed by atoms with E-state index in [1.54, 1.807) is 60.7 Å². The zero-order chi connectivity index (χ0) is 31.6. The predicted octanol–water partition coefficient (Wildman–Crippen LogP) is 6.32. The summed E-state index contributed by atoms with van der Waals surface area (Å²) in [6.45, 7) is 3.78. The Bertz CT molecular complexity index is 1720. The Morgan fingerprint density at radius 1 is 0.841 bits per heavy atom. The summed E-state index contributed by atoms with van der Waals surface area (Å²) in [5.41, 5.74) is 2.60. The Hall–Kier alpha value is -5.35. The van der Waals surface area contributed by atoms with Gasteiger partial charge in [0.05, 0.1) is 5.25 Å². The molecule has 1 atom stereocenters. The van der Waals surface area contributed by atoms with Crippen LogP contribution in [0.3, 0.4) is 0 Å². The minimum absolute atomic E-state index is 0.0583. The molecule has 0 saturated heterocycles. The van der Waals surface area contributed by atoms with Crippen LogP contribution < -0.4 is 16.0 Å². The molecule has 4 aromatic rings. The molecule has 0 spiro atoms. The number of anilines is 2. The molecule has 0 saturated carbocycles. The van der Waals surface area contributed by atoms with E-state index >= 15 is 0 Å². The molecule has 44 heavy (non-hydrogen) atoms. The van der Waals surface area contributed by atoms with Crippen molar-refractivity contribution in [3.63, 3.8) is 0 Å². The van der Waals surface area contributed by atoms with Gasteiger partial charge in [-0.1, -0.05) is 61.0 Å². The van der Waals surface area contributed by atoms with E-state index < -0.39 is 28.8 Å². The van der Waals surface area contributed by atoms with E-state index in [2.05, 4.69) is 16.0 Å². The van der Waals surface area contributed by atoms with Crippen molar-refractivity contribution in [2.45, 2.75) is 30.4 Å². The van der Waals surface area contributed by atoms with Crippen LogP contribution in [0.15, 0.2) is 108 Å². The summed E-state index contributed by atoms with van der Waals surface area (Å²) in [6.07, 6.45) is 2.07. The molecule has 3 amide bonds. The topological polar surface area (TPSA) is 145 Å². The summed E-state index contributed by atoms with van der Waals surface area (Å²) in [6, 6.07) is 26.9. The lowest BCUT2D eigenvalue weighted by Crippen LogP contribution is -2.30. The lowest BCUT2D eigenvalue weighted by Gasteiger charge is -2.16. The maximum atomic E-state index is 13.4. The second kappa shape index (κ2) is 14.7. The second-order valence-corrected chi connectivity index (χ2v) is 11.1. The number of carboxylic acid groups (broad SMARTS) is 1. The Morgan fingerprint density at radius 2 is 1.57 bits per heavy atom. The van der Waals surface area contributed by atoms with Crippen molar-refractivity contribution in [2.24, 2.45) is 0 Å². The lowest BCUT2D eigenvalue weighted by molar-refractivity contribution is -0.116. The molecule has 5 N–H and O–H groups in total. The Labute approximate surface area is 259 Å². The molecule has 0 aliphatic rings. The van der Waals surface area contributed by atoms with Crippen molar-refractivity contribution in [2.75, 3.05) is 10.6 Å². The van der Waals surface area contributed by atoms with Gasteiger partial charge in [0.1, 0.15) is 17.0 Å². The normalized spacial score (nSPS) is 11.7. The fourth-order valence-corrected chi connectivity index (χ4v) is 5.22. The van der Waals surface area contributed by atoms with Gasteiger partial charge in [0.2, 0.25) is 5.91 Å². The zero-order valence-corrected chi connectivity index (χ0v) is 24.9. The number of thioether (sulfide) groups is 1.